The Labute approximate surface area is 114 Å². The van der Waals surface area contributed by atoms with Gasteiger partial charge in [-0.25, -0.2) is 0 Å². The van der Waals surface area contributed by atoms with Crippen LogP contribution in [0.4, 0.5) is 0 Å². The number of rotatable bonds is 2. The van der Waals surface area contributed by atoms with Crippen molar-refractivity contribution >= 4 is 35.3 Å². The number of allylic oxidation sites excluding steroid dienone is 2. The van der Waals surface area contributed by atoms with Crippen LogP contribution in [0, 0.1) is 0 Å². The minimum atomic E-state index is -0.662. The van der Waals surface area contributed by atoms with Crippen LogP contribution < -0.4 is 5.32 Å². The number of hydrogen-bond donors (Lipinski definition) is 1. The summed E-state index contributed by atoms with van der Waals surface area (Å²) in [4.78, 5) is 33.9. The molecule has 96 valence electrons. The van der Waals surface area contributed by atoms with Crippen molar-refractivity contribution in [2.75, 3.05) is 0 Å². The largest absolute Gasteiger partial charge is 0.293 e. The number of piperidine rings is 1. The Morgan fingerprint density at radius 3 is 2.58 bits per heavy atom. The molecule has 2 rings (SSSR count). The zero-order chi connectivity index (χ0) is 13.8. The molecule has 1 heterocycles. The summed E-state index contributed by atoms with van der Waals surface area (Å²) in [6.07, 6.45) is 4.33. The third-order valence-electron chi connectivity index (χ3n) is 2.56. The van der Waals surface area contributed by atoms with Crippen LogP contribution in [-0.4, -0.2) is 17.6 Å². The third kappa shape index (κ3) is 3.17. The van der Waals surface area contributed by atoms with Gasteiger partial charge in [0.2, 0.25) is 5.91 Å². The van der Waals surface area contributed by atoms with Crippen LogP contribution >= 0.6 is 11.6 Å². The fraction of sp³-hybridized carbons (Fsp3) is 0.0714. The van der Waals surface area contributed by atoms with E-state index in [0.29, 0.717) is 5.02 Å². The van der Waals surface area contributed by atoms with Gasteiger partial charge in [0.1, 0.15) is 0 Å². The van der Waals surface area contributed by atoms with Gasteiger partial charge in [-0.05, 0) is 17.7 Å². The van der Waals surface area contributed by atoms with Gasteiger partial charge in [0.25, 0.3) is 5.91 Å². The van der Waals surface area contributed by atoms with Crippen molar-refractivity contribution in [2.45, 2.75) is 6.42 Å². The lowest BCUT2D eigenvalue weighted by molar-refractivity contribution is -0.134. The number of halogens is 1. The minimum absolute atomic E-state index is 0.0251. The van der Waals surface area contributed by atoms with Gasteiger partial charge in [0.05, 0.1) is 12.0 Å². The molecular weight excluding hydrogens is 266 g/mol. The molecule has 1 N–H and O–H groups in total. The SMILES string of the molecule is O=C1CC(=O)/C(=C\C=C\c2ccccc2Cl)C(=O)N1. The monoisotopic (exact) mass is 275 g/mol. The van der Waals surface area contributed by atoms with E-state index in [1.54, 1.807) is 18.2 Å². The normalized spacial score (nSPS) is 18.2. The number of Topliss-reactive ketones (excluding diaryl/α,β-unsaturated/α-hetero) is 1. The molecule has 0 unspecified atom stereocenters. The van der Waals surface area contributed by atoms with E-state index in [4.69, 9.17) is 11.6 Å². The number of ketones is 1. The maximum absolute atomic E-state index is 11.5. The van der Waals surface area contributed by atoms with Crippen LogP contribution in [0.3, 0.4) is 0 Å². The van der Waals surface area contributed by atoms with Crippen LogP contribution in [0.1, 0.15) is 12.0 Å². The Bertz CT molecular complexity index is 595. The highest BCUT2D eigenvalue weighted by atomic mass is 35.5. The van der Waals surface area contributed by atoms with E-state index in [-0.39, 0.29) is 12.0 Å². The minimum Gasteiger partial charge on any atom is -0.293 e. The second kappa shape index (κ2) is 5.63. The number of nitrogens with one attached hydrogen (secondary N) is 1. The van der Waals surface area contributed by atoms with Gasteiger partial charge in [-0.15, -0.1) is 0 Å². The quantitative estimate of drug-likeness (QED) is 0.388. The predicted octanol–water partition coefficient (Wildman–Crippen LogP) is 1.90. The molecule has 19 heavy (non-hydrogen) atoms. The van der Waals surface area contributed by atoms with Crippen LogP contribution in [0.25, 0.3) is 6.08 Å². The lowest BCUT2D eigenvalue weighted by atomic mass is 10.0. The highest BCUT2D eigenvalue weighted by Gasteiger charge is 2.27. The summed E-state index contributed by atoms with van der Waals surface area (Å²) in [5.41, 5.74) is 0.753. The predicted molar refractivity (Wildman–Crippen MR) is 71.3 cm³/mol. The van der Waals surface area contributed by atoms with Crippen molar-refractivity contribution in [1.29, 1.82) is 0 Å². The summed E-state index contributed by atoms with van der Waals surface area (Å²) in [5.74, 6) is -1.70. The summed E-state index contributed by atoms with van der Waals surface area (Å²) >= 11 is 5.96. The highest BCUT2D eigenvalue weighted by molar-refractivity contribution is 6.32. The molecule has 2 amide bonds. The maximum atomic E-state index is 11.5. The average molecular weight is 276 g/mol. The molecule has 0 bridgehead atoms. The van der Waals surface area contributed by atoms with Gasteiger partial charge in [-0.3, -0.25) is 19.7 Å². The van der Waals surface area contributed by atoms with Gasteiger partial charge in [0.15, 0.2) is 5.78 Å². The highest BCUT2D eigenvalue weighted by Crippen LogP contribution is 2.16. The van der Waals surface area contributed by atoms with E-state index in [1.165, 1.54) is 6.08 Å². The maximum Gasteiger partial charge on any atom is 0.261 e. The molecule has 1 fully saturated rings. The number of amides is 2. The average Bonchev–Trinajstić information content (AvgIpc) is 2.34. The topological polar surface area (TPSA) is 63.2 Å². The molecule has 1 aliphatic rings. The summed E-state index contributed by atoms with van der Waals surface area (Å²) in [6, 6.07) is 7.19. The molecule has 1 aromatic carbocycles. The molecule has 0 spiro atoms. The summed E-state index contributed by atoms with van der Waals surface area (Å²) < 4.78 is 0. The van der Waals surface area contributed by atoms with E-state index in [2.05, 4.69) is 5.32 Å². The van der Waals surface area contributed by atoms with Crippen LogP contribution in [-0.2, 0) is 14.4 Å². The van der Waals surface area contributed by atoms with Crippen molar-refractivity contribution in [3.8, 4) is 0 Å². The molecule has 0 aromatic heterocycles. The molecule has 0 saturated carbocycles. The number of imide groups is 1. The second-order valence-electron chi connectivity index (χ2n) is 3.94. The lowest BCUT2D eigenvalue weighted by Crippen LogP contribution is -2.40. The Hall–Kier alpha value is -2.20. The summed E-state index contributed by atoms with van der Waals surface area (Å²) in [6.45, 7) is 0. The van der Waals surface area contributed by atoms with Crippen LogP contribution in [0.5, 0.6) is 0 Å². The molecule has 0 atom stereocenters. The first kappa shape index (κ1) is 13.2. The van der Waals surface area contributed by atoms with Crippen LogP contribution in [0.2, 0.25) is 5.02 Å². The molecule has 5 heteroatoms. The van der Waals surface area contributed by atoms with Crippen LogP contribution in [0.15, 0.2) is 42.0 Å². The van der Waals surface area contributed by atoms with Gasteiger partial charge < -0.3 is 0 Å². The zero-order valence-corrected chi connectivity index (χ0v) is 10.6. The fourth-order valence-corrected chi connectivity index (χ4v) is 1.83. The first-order valence-corrected chi connectivity index (χ1v) is 5.96. The molecule has 1 aliphatic heterocycles. The number of hydrogen-bond acceptors (Lipinski definition) is 3. The third-order valence-corrected chi connectivity index (χ3v) is 2.91. The van der Waals surface area contributed by atoms with Gasteiger partial charge in [-0.1, -0.05) is 42.0 Å². The first-order valence-electron chi connectivity index (χ1n) is 5.58. The van der Waals surface area contributed by atoms with E-state index < -0.39 is 17.6 Å². The van der Waals surface area contributed by atoms with Gasteiger partial charge in [0, 0.05) is 5.02 Å². The fourth-order valence-electron chi connectivity index (χ4n) is 1.63. The molecule has 0 aliphatic carbocycles. The summed E-state index contributed by atoms with van der Waals surface area (Å²) in [7, 11) is 0. The van der Waals surface area contributed by atoms with Gasteiger partial charge in [-0.2, -0.15) is 0 Å². The Morgan fingerprint density at radius 2 is 1.89 bits per heavy atom. The number of carbonyl (C=O) groups is 3. The van der Waals surface area contributed by atoms with Crippen molar-refractivity contribution < 1.29 is 14.4 Å². The Morgan fingerprint density at radius 1 is 1.16 bits per heavy atom. The van der Waals surface area contributed by atoms with Crippen molar-refractivity contribution in [2.24, 2.45) is 0 Å². The van der Waals surface area contributed by atoms with E-state index >= 15 is 0 Å². The van der Waals surface area contributed by atoms with E-state index in [0.717, 1.165) is 5.56 Å². The first-order chi connectivity index (χ1) is 9.08. The molecule has 4 nitrogen and oxygen atoms in total. The Balaban J connectivity index is 2.18. The second-order valence-corrected chi connectivity index (χ2v) is 4.35. The standard InChI is InChI=1S/C14H10ClNO3/c15-11-7-2-1-4-9(11)5-3-6-10-12(17)8-13(18)16-14(10)19/h1-7H,8H2,(H,16,18,19)/b5-3+,10-6+. The lowest BCUT2D eigenvalue weighted by Gasteiger charge is -2.11. The van der Waals surface area contributed by atoms with Crippen molar-refractivity contribution in [3.63, 3.8) is 0 Å². The number of benzene rings is 1. The summed E-state index contributed by atoms with van der Waals surface area (Å²) in [5, 5.41) is 2.67. The number of carbonyl (C=O) groups excluding carboxylic acids is 3. The smallest absolute Gasteiger partial charge is 0.261 e. The van der Waals surface area contributed by atoms with E-state index in [9.17, 15) is 14.4 Å². The Kier molecular flexibility index (Phi) is 3.92. The molecule has 1 aromatic rings. The van der Waals surface area contributed by atoms with Crippen molar-refractivity contribution in [1.82, 2.24) is 5.32 Å². The van der Waals surface area contributed by atoms with E-state index in [1.807, 2.05) is 18.2 Å². The zero-order valence-electron chi connectivity index (χ0n) is 9.85. The molecular formula is C14H10ClNO3. The van der Waals surface area contributed by atoms with Crippen molar-refractivity contribution in [3.05, 3.63) is 52.6 Å². The molecule has 0 radical (unpaired) electrons. The molecule has 1 saturated heterocycles. The van der Waals surface area contributed by atoms with Gasteiger partial charge >= 0.3 is 0 Å².